The molecule has 2 rings (SSSR count). The molecular weight excluding hydrogens is 426 g/mol. The molecule has 0 bridgehead atoms. The van der Waals surface area contributed by atoms with Crippen molar-refractivity contribution in [2.75, 3.05) is 0 Å². The fourth-order valence-corrected chi connectivity index (χ4v) is 5.22. The minimum atomic E-state index is -3.45. The fraction of sp³-hybridized carbons (Fsp3) is 0.231. The predicted octanol–water partition coefficient (Wildman–Crippen LogP) is 4.19. The zero-order chi connectivity index (χ0) is 14.8. The second-order valence-corrected chi connectivity index (χ2v) is 9.22. The first-order valence-electron chi connectivity index (χ1n) is 5.82. The smallest absolute Gasteiger partial charge is 0.206 e. The molecule has 7 heteroatoms. The van der Waals surface area contributed by atoms with E-state index in [1.807, 2.05) is 31.2 Å². The zero-order valence-electron chi connectivity index (χ0n) is 10.7. The average molecular weight is 439 g/mol. The molecule has 0 aliphatic heterocycles. The Bertz CT molecular complexity index is 674. The van der Waals surface area contributed by atoms with Crippen molar-refractivity contribution in [2.24, 2.45) is 0 Å². The number of aryl methyl sites for hydroxylation is 1. The van der Waals surface area contributed by atoms with E-state index in [1.165, 1.54) is 11.3 Å². The Kier molecular flexibility index (Phi) is 5.42. The minimum Gasteiger partial charge on any atom is -0.206 e. The lowest BCUT2D eigenvalue weighted by Gasteiger charge is -2.05. The van der Waals surface area contributed by atoms with Gasteiger partial charge in [-0.2, -0.15) is 0 Å². The zero-order valence-corrected chi connectivity index (χ0v) is 15.5. The molecule has 0 amide bonds. The molecule has 0 aliphatic carbocycles. The molecule has 3 nitrogen and oxygen atoms in total. The monoisotopic (exact) mass is 437 g/mol. The summed E-state index contributed by atoms with van der Waals surface area (Å²) in [5.74, 6) is 0. The van der Waals surface area contributed by atoms with Gasteiger partial charge in [0.1, 0.15) is 4.21 Å². The van der Waals surface area contributed by atoms with Gasteiger partial charge < -0.3 is 0 Å². The van der Waals surface area contributed by atoms with Gasteiger partial charge in [0.15, 0.2) is 0 Å². The molecule has 0 saturated heterocycles. The van der Waals surface area contributed by atoms with Crippen LogP contribution in [0.3, 0.4) is 0 Å². The Morgan fingerprint density at radius 1 is 1.20 bits per heavy atom. The highest BCUT2D eigenvalue weighted by Gasteiger charge is 2.17. The summed E-state index contributed by atoms with van der Waals surface area (Å²) in [4.78, 5) is 0. The molecule has 1 N–H and O–H groups in total. The van der Waals surface area contributed by atoms with E-state index in [4.69, 9.17) is 0 Å². The Morgan fingerprint density at radius 2 is 1.80 bits per heavy atom. The summed E-state index contributed by atoms with van der Waals surface area (Å²) in [6, 6.07) is 9.48. The molecule has 1 heterocycles. The molecule has 1 aromatic carbocycles. The van der Waals surface area contributed by atoms with Crippen molar-refractivity contribution in [3.05, 3.63) is 50.8 Å². The van der Waals surface area contributed by atoms with Gasteiger partial charge in [-0.3, -0.25) is 0 Å². The molecule has 0 unspecified atom stereocenters. The van der Waals surface area contributed by atoms with Crippen molar-refractivity contribution in [2.45, 2.75) is 23.0 Å². The lowest BCUT2D eigenvalue weighted by atomic mass is 10.2. The minimum absolute atomic E-state index is 0.291. The quantitative estimate of drug-likeness (QED) is 0.711. The Hall–Kier alpha value is -0.210. The van der Waals surface area contributed by atoms with Crippen LogP contribution >= 0.6 is 43.2 Å². The predicted molar refractivity (Wildman–Crippen MR) is 89.9 cm³/mol. The third-order valence-corrected chi connectivity index (χ3v) is 7.40. The lowest BCUT2D eigenvalue weighted by molar-refractivity contribution is 0.583. The maximum atomic E-state index is 12.2. The third-order valence-electron chi connectivity index (χ3n) is 2.74. The number of halogens is 2. The average Bonchev–Trinajstić information content (AvgIpc) is 2.78. The van der Waals surface area contributed by atoms with Crippen LogP contribution in [0, 0.1) is 6.92 Å². The summed E-state index contributed by atoms with van der Waals surface area (Å²) in [7, 11) is -3.45. The van der Waals surface area contributed by atoms with Gasteiger partial charge in [-0.15, -0.1) is 11.3 Å². The second-order valence-electron chi connectivity index (χ2n) is 4.30. The van der Waals surface area contributed by atoms with Gasteiger partial charge in [-0.25, -0.2) is 13.1 Å². The number of thiophene rings is 1. The van der Waals surface area contributed by atoms with E-state index >= 15 is 0 Å². The van der Waals surface area contributed by atoms with Gasteiger partial charge in [-0.05, 0) is 45.6 Å². The van der Waals surface area contributed by atoms with E-state index in [1.54, 1.807) is 6.07 Å². The van der Waals surface area contributed by atoms with E-state index in [9.17, 15) is 8.42 Å². The van der Waals surface area contributed by atoms with Crippen LogP contribution in [0.25, 0.3) is 0 Å². The highest BCUT2D eigenvalue weighted by atomic mass is 79.9. The maximum Gasteiger partial charge on any atom is 0.250 e. The summed E-state index contributed by atoms with van der Waals surface area (Å²) in [6.45, 7) is 2.16. The summed E-state index contributed by atoms with van der Waals surface area (Å²) in [5, 5.41) is 0.793. The van der Waals surface area contributed by atoms with Crippen molar-refractivity contribution < 1.29 is 8.42 Å². The van der Waals surface area contributed by atoms with Crippen LogP contribution in [-0.4, -0.2) is 8.42 Å². The van der Waals surface area contributed by atoms with Gasteiger partial charge in [0.25, 0.3) is 0 Å². The first-order valence-corrected chi connectivity index (χ1v) is 10.0. The van der Waals surface area contributed by atoms with Gasteiger partial charge in [0, 0.05) is 11.9 Å². The lowest BCUT2D eigenvalue weighted by Crippen LogP contribution is -2.22. The van der Waals surface area contributed by atoms with Crippen molar-refractivity contribution in [1.82, 2.24) is 4.72 Å². The summed E-state index contributed by atoms with van der Waals surface area (Å²) in [5.41, 5.74) is 3.03. The van der Waals surface area contributed by atoms with Gasteiger partial charge in [0.2, 0.25) is 10.0 Å². The highest BCUT2D eigenvalue weighted by molar-refractivity contribution is 9.11. The molecule has 0 fully saturated rings. The van der Waals surface area contributed by atoms with Crippen LogP contribution in [0.15, 0.2) is 38.3 Å². The molecule has 108 valence electrons. The summed E-state index contributed by atoms with van der Waals surface area (Å²) in [6.07, 6.45) is 0. The van der Waals surface area contributed by atoms with Crippen molar-refractivity contribution in [3.8, 4) is 0 Å². The van der Waals surface area contributed by atoms with Crippen molar-refractivity contribution in [3.63, 3.8) is 0 Å². The number of alkyl halides is 1. The molecule has 0 spiro atoms. The van der Waals surface area contributed by atoms with Crippen LogP contribution in [0.5, 0.6) is 0 Å². The Morgan fingerprint density at radius 3 is 2.30 bits per heavy atom. The highest BCUT2D eigenvalue weighted by Crippen LogP contribution is 2.30. The summed E-state index contributed by atoms with van der Waals surface area (Å²) >= 11 is 7.94. The Labute approximate surface area is 139 Å². The third kappa shape index (κ3) is 3.92. The van der Waals surface area contributed by atoms with E-state index in [0.717, 1.165) is 25.8 Å². The molecule has 20 heavy (non-hydrogen) atoms. The summed E-state index contributed by atoms with van der Waals surface area (Å²) < 4.78 is 28.1. The molecule has 0 atom stereocenters. The maximum absolute atomic E-state index is 12.2. The molecule has 0 aliphatic rings. The van der Waals surface area contributed by atoms with Crippen LogP contribution in [0.4, 0.5) is 0 Å². The molecular formula is C13H13Br2NO2S2. The van der Waals surface area contributed by atoms with Gasteiger partial charge >= 0.3 is 0 Å². The van der Waals surface area contributed by atoms with Crippen molar-refractivity contribution >= 4 is 53.2 Å². The Balaban J connectivity index is 2.08. The standard InChI is InChI=1S/C13H13Br2NO2S2/c1-9-6-12(19-13(9)15)20(17,18)16-8-11-4-2-10(7-14)3-5-11/h2-6,16H,7-8H2,1H3. The fourth-order valence-electron chi connectivity index (χ4n) is 1.56. The number of nitrogens with one attached hydrogen (secondary N) is 1. The van der Waals surface area contributed by atoms with Crippen molar-refractivity contribution in [1.29, 1.82) is 0 Å². The molecule has 1 aromatic heterocycles. The van der Waals surface area contributed by atoms with E-state index in [2.05, 4.69) is 36.6 Å². The van der Waals surface area contributed by atoms with E-state index < -0.39 is 10.0 Å². The molecule has 0 saturated carbocycles. The molecule has 0 radical (unpaired) electrons. The topological polar surface area (TPSA) is 46.2 Å². The molecule has 2 aromatic rings. The second kappa shape index (κ2) is 6.70. The van der Waals surface area contributed by atoms with Crippen LogP contribution < -0.4 is 4.72 Å². The number of rotatable bonds is 5. The SMILES string of the molecule is Cc1cc(S(=O)(=O)NCc2ccc(CBr)cc2)sc1Br. The first-order chi connectivity index (χ1) is 9.42. The number of sulfonamides is 1. The number of benzene rings is 1. The normalized spacial score (nSPS) is 11.8. The van der Waals surface area contributed by atoms with Crippen LogP contribution in [0.2, 0.25) is 0 Å². The number of hydrogen-bond acceptors (Lipinski definition) is 3. The van der Waals surface area contributed by atoms with E-state index in [0.29, 0.717) is 10.8 Å². The van der Waals surface area contributed by atoms with E-state index in [-0.39, 0.29) is 0 Å². The van der Waals surface area contributed by atoms with Crippen LogP contribution in [0.1, 0.15) is 16.7 Å². The first kappa shape index (κ1) is 16.2. The van der Waals surface area contributed by atoms with Gasteiger partial charge in [0.05, 0.1) is 3.79 Å². The van der Waals surface area contributed by atoms with Crippen LogP contribution in [-0.2, 0) is 21.9 Å². The number of hydrogen-bond donors (Lipinski definition) is 1. The largest absolute Gasteiger partial charge is 0.250 e. The van der Waals surface area contributed by atoms with Gasteiger partial charge in [-0.1, -0.05) is 40.2 Å².